The molecule has 10 nitrogen and oxygen atoms in total. The van der Waals surface area contributed by atoms with Crippen molar-refractivity contribution in [3.63, 3.8) is 0 Å². The first kappa shape index (κ1) is 20.3. The van der Waals surface area contributed by atoms with Gasteiger partial charge in [0.2, 0.25) is 0 Å². The van der Waals surface area contributed by atoms with Crippen LogP contribution in [-0.2, 0) is 15.9 Å². The smallest absolute Gasteiger partial charge is 0.414 e. The monoisotopic (exact) mass is 436 g/mol. The van der Waals surface area contributed by atoms with Gasteiger partial charge in [0.05, 0.1) is 30.8 Å². The molecule has 2 N–H and O–H groups in total. The van der Waals surface area contributed by atoms with Gasteiger partial charge in [-0.15, -0.1) is 0 Å². The van der Waals surface area contributed by atoms with Crippen molar-refractivity contribution in [1.29, 1.82) is 0 Å². The summed E-state index contributed by atoms with van der Waals surface area (Å²) in [6.45, 7) is 1.80. The van der Waals surface area contributed by atoms with Gasteiger partial charge in [-0.1, -0.05) is 0 Å². The van der Waals surface area contributed by atoms with Crippen LogP contribution in [0.4, 0.5) is 21.1 Å². The summed E-state index contributed by atoms with van der Waals surface area (Å²) in [6, 6.07) is 5.45. The van der Waals surface area contributed by atoms with Crippen molar-refractivity contribution in [2.24, 2.45) is 0 Å². The first-order valence-corrected chi connectivity index (χ1v) is 10.6. The number of fused-ring (bicyclic) bond motifs is 2. The maximum absolute atomic E-state index is 12.8. The Morgan fingerprint density at radius 3 is 2.84 bits per heavy atom. The Hall–Kier alpha value is -3.66. The second kappa shape index (κ2) is 8.46. The summed E-state index contributed by atoms with van der Waals surface area (Å²) in [7, 11) is 1.55. The van der Waals surface area contributed by atoms with E-state index in [0.717, 1.165) is 35.3 Å². The lowest BCUT2D eigenvalue weighted by molar-refractivity contribution is 0.00393. The first-order valence-electron chi connectivity index (χ1n) is 10.6. The molecule has 3 amide bonds. The lowest BCUT2D eigenvalue weighted by atomic mass is 10.1. The molecule has 0 spiro atoms. The fourth-order valence-corrected chi connectivity index (χ4v) is 4.00. The summed E-state index contributed by atoms with van der Waals surface area (Å²) in [5.41, 5.74) is 4.17. The number of hydrogen-bond donors (Lipinski definition) is 2. The number of anilines is 2. The number of hydrogen-bond acceptors (Lipinski definition) is 6. The average molecular weight is 436 g/mol. The zero-order valence-electron chi connectivity index (χ0n) is 17.7. The Bertz CT molecular complexity index is 1170. The van der Waals surface area contributed by atoms with E-state index < -0.39 is 0 Å². The summed E-state index contributed by atoms with van der Waals surface area (Å²) >= 11 is 0. The molecular formula is C22H24N6O4. The molecule has 0 aliphatic carbocycles. The number of rotatable bonds is 3. The number of pyridine rings is 2. The topological polar surface area (TPSA) is 110 Å². The van der Waals surface area contributed by atoms with Crippen LogP contribution in [0.5, 0.6) is 0 Å². The van der Waals surface area contributed by atoms with Gasteiger partial charge in [-0.2, -0.15) is 0 Å². The molecule has 1 fully saturated rings. The van der Waals surface area contributed by atoms with Crippen LogP contribution in [0.25, 0.3) is 16.8 Å². The van der Waals surface area contributed by atoms with Gasteiger partial charge in [0.25, 0.3) is 0 Å². The number of nitrogens with zero attached hydrogens (tertiary/aromatic N) is 4. The normalized spacial score (nSPS) is 16.1. The van der Waals surface area contributed by atoms with Crippen LogP contribution in [0.1, 0.15) is 18.5 Å². The fraction of sp³-hybridized carbons (Fsp3) is 0.364. The number of imidazole rings is 1. The second-order valence-corrected chi connectivity index (χ2v) is 7.80. The highest BCUT2D eigenvalue weighted by atomic mass is 16.6. The van der Waals surface area contributed by atoms with Crippen molar-refractivity contribution in [3.05, 3.63) is 42.5 Å². The summed E-state index contributed by atoms with van der Waals surface area (Å²) in [5.74, 6) is 0.454. The third-order valence-corrected chi connectivity index (χ3v) is 5.72. The van der Waals surface area contributed by atoms with Crippen molar-refractivity contribution < 1.29 is 19.1 Å². The molecule has 10 heteroatoms. The van der Waals surface area contributed by atoms with Gasteiger partial charge in [0.15, 0.2) is 5.82 Å². The third-order valence-electron chi connectivity index (χ3n) is 5.72. The van der Waals surface area contributed by atoms with Crippen molar-refractivity contribution in [2.75, 3.05) is 37.0 Å². The Balaban J connectivity index is 1.38. The molecule has 0 bridgehead atoms. The van der Waals surface area contributed by atoms with Crippen molar-refractivity contribution >= 4 is 29.3 Å². The summed E-state index contributed by atoms with van der Waals surface area (Å²) in [6.07, 6.45) is 7.20. The highest BCUT2D eigenvalue weighted by molar-refractivity contribution is 5.91. The molecule has 5 heterocycles. The van der Waals surface area contributed by atoms with E-state index in [2.05, 4.69) is 20.6 Å². The Kier molecular flexibility index (Phi) is 5.36. The number of aromatic nitrogens is 3. The molecule has 1 saturated heterocycles. The zero-order chi connectivity index (χ0) is 22.1. The van der Waals surface area contributed by atoms with E-state index in [1.165, 1.54) is 0 Å². The molecular weight excluding hydrogens is 412 g/mol. The molecule has 5 rings (SSSR count). The number of carbonyl (C=O) groups is 2. The van der Waals surface area contributed by atoms with E-state index in [4.69, 9.17) is 9.47 Å². The van der Waals surface area contributed by atoms with E-state index in [-0.39, 0.29) is 18.2 Å². The zero-order valence-corrected chi connectivity index (χ0v) is 17.7. The van der Waals surface area contributed by atoms with E-state index in [1.54, 1.807) is 18.1 Å². The van der Waals surface area contributed by atoms with Crippen LogP contribution in [0.15, 0.2) is 36.8 Å². The number of carbonyl (C=O) groups excluding carboxylic acids is 2. The molecule has 0 atom stereocenters. The molecule has 2 aliphatic rings. The second-order valence-electron chi connectivity index (χ2n) is 7.80. The molecule has 0 saturated carbocycles. The largest absolute Gasteiger partial charge is 0.446 e. The summed E-state index contributed by atoms with van der Waals surface area (Å²) in [5, 5.41) is 5.17. The minimum atomic E-state index is -0.329. The molecule has 2 aliphatic heterocycles. The molecule has 0 radical (unpaired) electrons. The number of amides is 3. The average Bonchev–Trinajstić information content (AvgIpc) is 3.42. The minimum Gasteiger partial charge on any atom is -0.446 e. The Morgan fingerprint density at radius 1 is 1.19 bits per heavy atom. The van der Waals surface area contributed by atoms with Crippen molar-refractivity contribution in [3.8, 4) is 11.1 Å². The van der Waals surface area contributed by atoms with Crippen LogP contribution in [0.2, 0.25) is 0 Å². The van der Waals surface area contributed by atoms with Gasteiger partial charge in [-0.05, 0) is 18.2 Å². The highest BCUT2D eigenvalue weighted by Crippen LogP contribution is 2.32. The first-order chi connectivity index (χ1) is 15.6. The molecule has 0 unspecified atom stereocenters. The predicted molar refractivity (Wildman–Crippen MR) is 118 cm³/mol. The van der Waals surface area contributed by atoms with Gasteiger partial charge in [0, 0.05) is 56.4 Å². The Labute approximate surface area is 184 Å². The predicted octanol–water partition coefficient (Wildman–Crippen LogP) is 2.83. The van der Waals surface area contributed by atoms with Crippen molar-refractivity contribution in [2.45, 2.75) is 25.4 Å². The fourth-order valence-electron chi connectivity index (χ4n) is 4.00. The van der Waals surface area contributed by atoms with Gasteiger partial charge in [0.1, 0.15) is 11.8 Å². The molecule has 32 heavy (non-hydrogen) atoms. The van der Waals surface area contributed by atoms with Crippen molar-refractivity contribution in [1.82, 2.24) is 19.7 Å². The van der Waals surface area contributed by atoms with Crippen LogP contribution in [-0.4, -0.2) is 59.4 Å². The van der Waals surface area contributed by atoms with Crippen LogP contribution in [0, 0.1) is 0 Å². The summed E-state index contributed by atoms with van der Waals surface area (Å²) < 4.78 is 12.9. The molecule has 0 aromatic carbocycles. The van der Waals surface area contributed by atoms with E-state index in [9.17, 15) is 9.59 Å². The van der Waals surface area contributed by atoms with Gasteiger partial charge >= 0.3 is 12.1 Å². The lowest BCUT2D eigenvalue weighted by Crippen LogP contribution is -2.35. The quantitative estimate of drug-likeness (QED) is 0.653. The highest BCUT2D eigenvalue weighted by Gasteiger charge is 2.29. The number of ether oxygens (including phenoxy) is 2. The number of urea groups is 1. The lowest BCUT2D eigenvalue weighted by Gasteiger charge is -2.25. The van der Waals surface area contributed by atoms with Crippen LogP contribution < -0.4 is 15.5 Å². The maximum Gasteiger partial charge on any atom is 0.414 e. The van der Waals surface area contributed by atoms with Crippen LogP contribution >= 0.6 is 0 Å². The standard InChI is InChI=1S/C22H24N6O4/c1-23-21(29)26-19-13-27-12-14(2-3-20(27)25-19)15-10-18-17(24-11-15)4-7-28(18)22(30)32-16-5-8-31-9-6-16/h2-3,10-13,16H,4-9H2,1H3,(H2,23,26,29). The van der Waals surface area contributed by atoms with Gasteiger partial charge in [-0.25, -0.2) is 14.6 Å². The maximum atomic E-state index is 12.8. The van der Waals surface area contributed by atoms with E-state index in [1.807, 2.05) is 35.0 Å². The van der Waals surface area contributed by atoms with E-state index in [0.29, 0.717) is 37.6 Å². The molecule has 3 aromatic heterocycles. The van der Waals surface area contributed by atoms with Gasteiger partial charge < -0.3 is 19.2 Å². The molecule has 3 aromatic rings. The molecule has 166 valence electrons. The van der Waals surface area contributed by atoms with Gasteiger partial charge in [-0.3, -0.25) is 15.2 Å². The van der Waals surface area contributed by atoms with E-state index >= 15 is 0 Å². The Morgan fingerprint density at radius 2 is 2.03 bits per heavy atom. The van der Waals surface area contributed by atoms with Crippen LogP contribution in [0.3, 0.4) is 0 Å². The third kappa shape index (κ3) is 3.96. The summed E-state index contributed by atoms with van der Waals surface area (Å²) in [4.78, 5) is 35.0. The number of nitrogens with one attached hydrogen (secondary N) is 2. The minimum absolute atomic E-state index is 0.0994. The SMILES string of the molecule is CNC(=O)Nc1cn2cc(-c3cnc4c(c3)N(C(=O)OC3CCOCC3)CC4)ccc2n1.